The Bertz CT molecular complexity index is 555. The zero-order chi connectivity index (χ0) is 14.4. The zero-order valence-corrected chi connectivity index (χ0v) is 12.5. The largest absolute Gasteiger partial charge is 0.373 e. The van der Waals surface area contributed by atoms with Gasteiger partial charge in [-0.1, -0.05) is 29.6 Å². The average Bonchev–Trinajstić information content (AvgIpc) is 2.96. The summed E-state index contributed by atoms with van der Waals surface area (Å²) in [5.41, 5.74) is 1.90. The van der Waals surface area contributed by atoms with Gasteiger partial charge in [-0.3, -0.25) is 4.79 Å². The van der Waals surface area contributed by atoms with Crippen LogP contribution < -0.4 is 10.2 Å². The highest BCUT2D eigenvalue weighted by Gasteiger charge is 2.14. The van der Waals surface area contributed by atoms with Gasteiger partial charge in [-0.2, -0.15) is 0 Å². The summed E-state index contributed by atoms with van der Waals surface area (Å²) in [5.74, 6) is -0.0849. The van der Waals surface area contributed by atoms with E-state index in [1.807, 2.05) is 44.3 Å². The van der Waals surface area contributed by atoms with Crippen LogP contribution in [0.15, 0.2) is 30.3 Å². The van der Waals surface area contributed by atoms with E-state index in [0.717, 1.165) is 35.9 Å². The quantitative estimate of drug-likeness (QED) is 0.883. The standard InChI is InChI=1S/C14H18N4OS/c1-3-12-13(20-17-16-12)14(19)15-9-10-18(2)11-7-5-4-6-8-11/h4-8H,3,9-10H2,1-2H3,(H,15,19). The van der Waals surface area contributed by atoms with Crippen molar-refractivity contribution in [2.45, 2.75) is 13.3 Å². The second-order valence-electron chi connectivity index (χ2n) is 4.42. The lowest BCUT2D eigenvalue weighted by Crippen LogP contribution is -2.33. The predicted octanol–water partition coefficient (Wildman–Crippen LogP) is 1.97. The van der Waals surface area contributed by atoms with Gasteiger partial charge in [0, 0.05) is 25.8 Å². The first-order chi connectivity index (χ1) is 9.72. The summed E-state index contributed by atoms with van der Waals surface area (Å²) in [4.78, 5) is 14.7. The van der Waals surface area contributed by atoms with E-state index < -0.39 is 0 Å². The predicted molar refractivity (Wildman–Crippen MR) is 81.3 cm³/mol. The number of hydrogen-bond donors (Lipinski definition) is 1. The van der Waals surface area contributed by atoms with Crippen LogP contribution in [0.2, 0.25) is 0 Å². The second kappa shape index (κ2) is 7.00. The van der Waals surface area contributed by atoms with Gasteiger partial charge in [-0.05, 0) is 30.1 Å². The molecule has 0 unspecified atom stereocenters. The van der Waals surface area contributed by atoms with Crippen LogP contribution in [0.4, 0.5) is 5.69 Å². The van der Waals surface area contributed by atoms with Crippen molar-refractivity contribution in [1.82, 2.24) is 14.9 Å². The molecule has 2 aromatic rings. The fraction of sp³-hybridized carbons (Fsp3) is 0.357. The minimum absolute atomic E-state index is 0.0849. The van der Waals surface area contributed by atoms with Gasteiger partial charge in [0.15, 0.2) is 0 Å². The third kappa shape index (κ3) is 3.54. The molecular formula is C14H18N4OS. The van der Waals surface area contributed by atoms with Gasteiger partial charge >= 0.3 is 0 Å². The molecule has 0 radical (unpaired) electrons. The molecule has 0 bridgehead atoms. The number of carbonyl (C=O) groups excluding carboxylic acids is 1. The number of para-hydroxylation sites is 1. The minimum atomic E-state index is -0.0849. The van der Waals surface area contributed by atoms with Crippen molar-refractivity contribution in [2.24, 2.45) is 0 Å². The molecule has 1 N–H and O–H groups in total. The van der Waals surface area contributed by atoms with Crippen LogP contribution in [-0.4, -0.2) is 35.6 Å². The normalized spacial score (nSPS) is 10.3. The van der Waals surface area contributed by atoms with Crippen molar-refractivity contribution >= 4 is 23.1 Å². The van der Waals surface area contributed by atoms with E-state index >= 15 is 0 Å². The Morgan fingerprint density at radius 1 is 1.35 bits per heavy atom. The molecule has 1 aromatic carbocycles. The molecule has 0 saturated heterocycles. The molecule has 0 spiro atoms. The Labute approximate surface area is 122 Å². The number of likely N-dealkylation sites (N-methyl/N-ethyl adjacent to an activating group) is 1. The van der Waals surface area contributed by atoms with Crippen LogP contribution >= 0.6 is 11.5 Å². The Kier molecular flexibility index (Phi) is 5.06. The maximum atomic E-state index is 12.0. The maximum absolute atomic E-state index is 12.0. The molecule has 6 heteroatoms. The highest BCUT2D eigenvalue weighted by molar-refractivity contribution is 7.08. The fourth-order valence-corrected chi connectivity index (χ4v) is 2.51. The third-order valence-corrected chi connectivity index (χ3v) is 3.79. The van der Waals surface area contributed by atoms with Crippen molar-refractivity contribution in [3.63, 3.8) is 0 Å². The summed E-state index contributed by atoms with van der Waals surface area (Å²) in [5, 5.41) is 6.85. The Morgan fingerprint density at radius 2 is 2.10 bits per heavy atom. The average molecular weight is 290 g/mol. The monoisotopic (exact) mass is 290 g/mol. The first-order valence-electron chi connectivity index (χ1n) is 6.58. The Hall–Kier alpha value is -1.95. The molecule has 0 aliphatic rings. The topological polar surface area (TPSA) is 58.1 Å². The van der Waals surface area contributed by atoms with Crippen molar-refractivity contribution < 1.29 is 4.79 Å². The van der Waals surface area contributed by atoms with Crippen LogP contribution in [-0.2, 0) is 6.42 Å². The Balaban J connectivity index is 1.83. The van der Waals surface area contributed by atoms with Crippen molar-refractivity contribution in [2.75, 3.05) is 25.0 Å². The first-order valence-corrected chi connectivity index (χ1v) is 7.35. The molecule has 0 saturated carbocycles. The molecule has 2 rings (SSSR count). The maximum Gasteiger partial charge on any atom is 0.265 e. The van der Waals surface area contributed by atoms with Gasteiger partial charge in [0.25, 0.3) is 5.91 Å². The Morgan fingerprint density at radius 3 is 2.80 bits per heavy atom. The van der Waals surface area contributed by atoms with Gasteiger partial charge in [0.05, 0.1) is 5.69 Å². The smallest absolute Gasteiger partial charge is 0.265 e. The number of nitrogens with one attached hydrogen (secondary N) is 1. The summed E-state index contributed by atoms with van der Waals surface area (Å²) >= 11 is 1.15. The summed E-state index contributed by atoms with van der Waals surface area (Å²) in [6.07, 6.45) is 0.725. The zero-order valence-electron chi connectivity index (χ0n) is 11.7. The van der Waals surface area contributed by atoms with Crippen LogP contribution in [0.1, 0.15) is 22.3 Å². The van der Waals surface area contributed by atoms with E-state index in [-0.39, 0.29) is 5.91 Å². The number of aromatic nitrogens is 2. The number of aryl methyl sites for hydroxylation is 1. The molecule has 20 heavy (non-hydrogen) atoms. The van der Waals surface area contributed by atoms with Gasteiger partial charge in [0.1, 0.15) is 4.88 Å². The molecule has 1 heterocycles. The summed E-state index contributed by atoms with van der Waals surface area (Å²) in [6.45, 7) is 3.31. The van der Waals surface area contributed by atoms with Gasteiger partial charge in [-0.15, -0.1) is 5.10 Å². The first kappa shape index (κ1) is 14.5. The van der Waals surface area contributed by atoms with Crippen LogP contribution in [0.5, 0.6) is 0 Å². The molecule has 0 aliphatic carbocycles. The number of benzene rings is 1. The van der Waals surface area contributed by atoms with E-state index in [1.54, 1.807) is 0 Å². The molecule has 0 atom stereocenters. The van der Waals surface area contributed by atoms with E-state index in [0.29, 0.717) is 11.4 Å². The molecular weight excluding hydrogens is 272 g/mol. The summed E-state index contributed by atoms with van der Waals surface area (Å²) in [6, 6.07) is 10.1. The van der Waals surface area contributed by atoms with Crippen molar-refractivity contribution in [3.8, 4) is 0 Å². The van der Waals surface area contributed by atoms with Gasteiger partial charge < -0.3 is 10.2 Å². The lowest BCUT2D eigenvalue weighted by Gasteiger charge is -2.19. The second-order valence-corrected chi connectivity index (χ2v) is 5.17. The number of rotatable bonds is 6. The number of anilines is 1. The number of amides is 1. The highest BCUT2D eigenvalue weighted by atomic mass is 32.1. The van der Waals surface area contributed by atoms with Gasteiger partial charge in [-0.25, -0.2) is 0 Å². The molecule has 106 valence electrons. The summed E-state index contributed by atoms with van der Waals surface area (Å²) < 4.78 is 3.83. The molecule has 1 aromatic heterocycles. The van der Waals surface area contributed by atoms with Gasteiger partial charge in [0.2, 0.25) is 0 Å². The van der Waals surface area contributed by atoms with Crippen LogP contribution in [0.25, 0.3) is 0 Å². The lowest BCUT2D eigenvalue weighted by atomic mass is 10.3. The van der Waals surface area contributed by atoms with Crippen molar-refractivity contribution in [3.05, 3.63) is 40.9 Å². The van der Waals surface area contributed by atoms with E-state index in [2.05, 4.69) is 19.8 Å². The number of carbonyl (C=O) groups is 1. The molecule has 1 amide bonds. The lowest BCUT2D eigenvalue weighted by molar-refractivity contribution is 0.0957. The molecule has 0 aliphatic heterocycles. The number of nitrogens with zero attached hydrogens (tertiary/aromatic N) is 3. The fourth-order valence-electron chi connectivity index (χ4n) is 1.84. The van der Waals surface area contributed by atoms with E-state index in [4.69, 9.17) is 0 Å². The third-order valence-electron chi connectivity index (χ3n) is 3.03. The summed E-state index contributed by atoms with van der Waals surface area (Å²) in [7, 11) is 2.01. The van der Waals surface area contributed by atoms with E-state index in [1.165, 1.54) is 0 Å². The minimum Gasteiger partial charge on any atom is -0.373 e. The molecule has 0 fully saturated rings. The van der Waals surface area contributed by atoms with Crippen LogP contribution in [0.3, 0.4) is 0 Å². The highest BCUT2D eigenvalue weighted by Crippen LogP contribution is 2.11. The SMILES string of the molecule is CCc1nnsc1C(=O)NCCN(C)c1ccccc1. The van der Waals surface area contributed by atoms with Crippen molar-refractivity contribution in [1.29, 1.82) is 0 Å². The molecule has 5 nitrogen and oxygen atoms in total. The number of hydrogen-bond acceptors (Lipinski definition) is 5. The van der Waals surface area contributed by atoms with E-state index in [9.17, 15) is 4.79 Å². The van der Waals surface area contributed by atoms with Crippen LogP contribution in [0, 0.1) is 0 Å².